The van der Waals surface area contributed by atoms with Crippen molar-refractivity contribution in [3.8, 4) is 5.75 Å². The van der Waals surface area contributed by atoms with Crippen LogP contribution in [0, 0.1) is 0 Å². The molecule has 2 nitrogen and oxygen atoms in total. The lowest BCUT2D eigenvalue weighted by molar-refractivity contribution is 0.415. The molecular weight excluding hydrogens is 194 g/mol. The van der Waals surface area contributed by atoms with E-state index in [1.807, 2.05) is 0 Å². The average molecular weight is 202 g/mol. The zero-order chi connectivity index (χ0) is 9.14. The van der Waals surface area contributed by atoms with Crippen molar-refractivity contribution in [1.29, 1.82) is 0 Å². The summed E-state index contributed by atoms with van der Waals surface area (Å²) in [4.78, 5) is 0.316. The van der Waals surface area contributed by atoms with Gasteiger partial charge in [-0.3, -0.25) is 0 Å². The maximum Gasteiger partial charge on any atom is 0.121 e. The van der Waals surface area contributed by atoms with Gasteiger partial charge in [0.05, 0.1) is 7.11 Å². The van der Waals surface area contributed by atoms with E-state index in [1.54, 1.807) is 25.3 Å². The van der Waals surface area contributed by atoms with Gasteiger partial charge in [-0.25, -0.2) is 0 Å². The number of thiocarbonyl (C=S) groups is 1. The summed E-state index contributed by atoms with van der Waals surface area (Å²) >= 11 is 10.6. The molecule has 1 rings (SSSR count). The van der Waals surface area contributed by atoms with E-state index >= 15 is 0 Å². The minimum atomic E-state index is 0.316. The molecule has 1 aromatic rings. The summed E-state index contributed by atoms with van der Waals surface area (Å²) < 4.78 is 4.99. The molecule has 0 aromatic heterocycles. The Morgan fingerprint density at radius 3 is 2.67 bits per heavy atom. The van der Waals surface area contributed by atoms with E-state index in [0.29, 0.717) is 21.3 Å². The molecule has 12 heavy (non-hydrogen) atoms. The SMILES string of the molecule is COc1cc(Cl)cc(C(N)=S)c1. The number of hydrogen-bond donors (Lipinski definition) is 1. The molecule has 0 spiro atoms. The van der Waals surface area contributed by atoms with Gasteiger partial charge in [0.1, 0.15) is 10.7 Å². The molecule has 0 saturated carbocycles. The zero-order valence-electron chi connectivity index (χ0n) is 6.50. The van der Waals surface area contributed by atoms with Crippen molar-refractivity contribution in [1.82, 2.24) is 0 Å². The predicted molar refractivity (Wildman–Crippen MR) is 53.9 cm³/mol. The van der Waals surface area contributed by atoms with Crippen molar-refractivity contribution in [2.45, 2.75) is 0 Å². The van der Waals surface area contributed by atoms with Crippen molar-refractivity contribution in [2.24, 2.45) is 5.73 Å². The molecule has 1 aromatic carbocycles. The Kier molecular flexibility index (Phi) is 2.89. The van der Waals surface area contributed by atoms with E-state index in [0.717, 1.165) is 0 Å². The van der Waals surface area contributed by atoms with E-state index in [1.165, 1.54) is 0 Å². The van der Waals surface area contributed by atoms with Crippen molar-refractivity contribution in [3.05, 3.63) is 28.8 Å². The first kappa shape index (κ1) is 9.29. The quantitative estimate of drug-likeness (QED) is 0.744. The molecule has 0 aliphatic carbocycles. The molecular formula is C8H8ClNOS. The maximum absolute atomic E-state index is 5.78. The number of halogens is 1. The highest BCUT2D eigenvalue weighted by Crippen LogP contribution is 2.20. The second-order valence-electron chi connectivity index (χ2n) is 2.24. The fourth-order valence-electron chi connectivity index (χ4n) is 0.823. The Labute approximate surface area is 81.3 Å². The number of benzene rings is 1. The Morgan fingerprint density at radius 1 is 1.50 bits per heavy atom. The number of nitrogens with two attached hydrogens (primary N) is 1. The summed E-state index contributed by atoms with van der Waals surface area (Å²) in [6.45, 7) is 0. The summed E-state index contributed by atoms with van der Waals surface area (Å²) in [7, 11) is 1.56. The van der Waals surface area contributed by atoms with Gasteiger partial charge in [0, 0.05) is 10.6 Å². The van der Waals surface area contributed by atoms with Gasteiger partial charge in [-0.2, -0.15) is 0 Å². The van der Waals surface area contributed by atoms with Crippen molar-refractivity contribution in [2.75, 3.05) is 7.11 Å². The van der Waals surface area contributed by atoms with Crippen molar-refractivity contribution < 1.29 is 4.74 Å². The minimum Gasteiger partial charge on any atom is -0.497 e. The normalized spacial score (nSPS) is 9.50. The molecule has 0 bridgehead atoms. The number of rotatable bonds is 2. The van der Waals surface area contributed by atoms with Crippen LogP contribution >= 0.6 is 23.8 Å². The van der Waals surface area contributed by atoms with Gasteiger partial charge in [0.25, 0.3) is 0 Å². The predicted octanol–water partition coefficient (Wildman–Crippen LogP) is 1.98. The van der Waals surface area contributed by atoms with E-state index in [9.17, 15) is 0 Å². The summed E-state index contributed by atoms with van der Waals surface area (Å²) in [6, 6.07) is 5.14. The van der Waals surface area contributed by atoms with E-state index < -0.39 is 0 Å². The van der Waals surface area contributed by atoms with Gasteiger partial charge in [0.2, 0.25) is 0 Å². The Bertz CT molecular complexity index is 314. The lowest BCUT2D eigenvalue weighted by Gasteiger charge is -2.03. The molecule has 0 saturated heterocycles. The van der Waals surface area contributed by atoms with Gasteiger partial charge in [0.15, 0.2) is 0 Å². The molecule has 64 valence electrons. The molecule has 2 N–H and O–H groups in total. The fraction of sp³-hybridized carbons (Fsp3) is 0.125. The van der Waals surface area contributed by atoms with Crippen LogP contribution in [-0.4, -0.2) is 12.1 Å². The Balaban J connectivity index is 3.15. The van der Waals surface area contributed by atoms with Crippen LogP contribution in [-0.2, 0) is 0 Å². The third-order valence-corrected chi connectivity index (χ3v) is 1.85. The van der Waals surface area contributed by atoms with Gasteiger partial charge in [-0.05, 0) is 18.2 Å². The van der Waals surface area contributed by atoms with Crippen LogP contribution in [0.1, 0.15) is 5.56 Å². The lowest BCUT2D eigenvalue weighted by atomic mass is 10.2. The first-order chi connectivity index (χ1) is 5.63. The van der Waals surface area contributed by atoms with Gasteiger partial charge in [-0.15, -0.1) is 0 Å². The van der Waals surface area contributed by atoms with Crippen LogP contribution in [0.5, 0.6) is 5.75 Å². The second kappa shape index (κ2) is 3.74. The van der Waals surface area contributed by atoms with Crippen LogP contribution in [0.25, 0.3) is 0 Å². The molecule has 0 aliphatic rings. The van der Waals surface area contributed by atoms with Crippen LogP contribution in [0.2, 0.25) is 5.02 Å². The van der Waals surface area contributed by atoms with Crippen LogP contribution in [0.4, 0.5) is 0 Å². The Morgan fingerprint density at radius 2 is 2.17 bits per heavy atom. The first-order valence-corrected chi connectivity index (χ1v) is 4.06. The van der Waals surface area contributed by atoms with E-state index in [4.69, 9.17) is 34.3 Å². The first-order valence-electron chi connectivity index (χ1n) is 3.28. The minimum absolute atomic E-state index is 0.316. The molecule has 0 atom stereocenters. The highest BCUT2D eigenvalue weighted by atomic mass is 35.5. The number of hydrogen-bond acceptors (Lipinski definition) is 2. The van der Waals surface area contributed by atoms with E-state index in [2.05, 4.69) is 0 Å². The summed E-state index contributed by atoms with van der Waals surface area (Å²) in [5.74, 6) is 0.658. The third kappa shape index (κ3) is 2.09. The Hall–Kier alpha value is -0.800. The topological polar surface area (TPSA) is 35.2 Å². The van der Waals surface area contributed by atoms with Crippen molar-refractivity contribution in [3.63, 3.8) is 0 Å². The average Bonchev–Trinajstić information content (AvgIpc) is 2.03. The highest BCUT2D eigenvalue weighted by Gasteiger charge is 2.01. The monoisotopic (exact) mass is 201 g/mol. The van der Waals surface area contributed by atoms with Gasteiger partial charge >= 0.3 is 0 Å². The largest absolute Gasteiger partial charge is 0.497 e. The molecule has 0 fully saturated rings. The summed E-state index contributed by atoms with van der Waals surface area (Å²) in [5.41, 5.74) is 6.14. The highest BCUT2D eigenvalue weighted by molar-refractivity contribution is 7.80. The molecule has 0 aliphatic heterocycles. The molecule has 0 amide bonds. The summed E-state index contributed by atoms with van der Waals surface area (Å²) in [5, 5.41) is 0.567. The molecule has 0 heterocycles. The molecule has 4 heteroatoms. The van der Waals surface area contributed by atoms with Gasteiger partial charge in [-0.1, -0.05) is 23.8 Å². The molecule has 0 unspecified atom stereocenters. The summed E-state index contributed by atoms with van der Waals surface area (Å²) in [6.07, 6.45) is 0. The van der Waals surface area contributed by atoms with Crippen molar-refractivity contribution >= 4 is 28.8 Å². The zero-order valence-corrected chi connectivity index (χ0v) is 8.08. The lowest BCUT2D eigenvalue weighted by Crippen LogP contribution is -2.09. The number of ether oxygens (including phenoxy) is 1. The third-order valence-electron chi connectivity index (χ3n) is 1.39. The van der Waals surface area contributed by atoms with Crippen LogP contribution in [0.3, 0.4) is 0 Å². The molecule has 0 radical (unpaired) electrons. The maximum atomic E-state index is 5.78. The van der Waals surface area contributed by atoms with Crippen LogP contribution in [0.15, 0.2) is 18.2 Å². The number of methoxy groups -OCH3 is 1. The standard InChI is InChI=1S/C8H8ClNOS/c1-11-7-3-5(8(10)12)2-6(9)4-7/h2-4H,1H3,(H2,10,12). The van der Waals surface area contributed by atoms with Crippen LogP contribution < -0.4 is 10.5 Å². The van der Waals surface area contributed by atoms with E-state index in [-0.39, 0.29) is 0 Å². The fourth-order valence-corrected chi connectivity index (χ4v) is 1.17. The van der Waals surface area contributed by atoms with Gasteiger partial charge < -0.3 is 10.5 Å². The second-order valence-corrected chi connectivity index (χ2v) is 3.12. The smallest absolute Gasteiger partial charge is 0.121 e.